The zero-order valence-corrected chi connectivity index (χ0v) is 27.0. The Morgan fingerprint density at radius 3 is 1.20 bits per heavy atom. The first-order chi connectivity index (χ1) is 21.8. The van der Waals surface area contributed by atoms with Crippen LogP contribution in [0.15, 0.2) is 121 Å². The SMILES string of the molecule is Cc1ccc(Nc2ccc(C3(c4ccc(Nc5ccc(C)c(C)c5)c(C)c4)c4ccccc4-c4ccccc43)cc2C)cc1C. The van der Waals surface area contributed by atoms with E-state index in [1.807, 2.05) is 0 Å². The summed E-state index contributed by atoms with van der Waals surface area (Å²) in [4.78, 5) is 0. The zero-order valence-electron chi connectivity index (χ0n) is 27.0. The molecule has 6 aromatic rings. The average molecular weight is 585 g/mol. The summed E-state index contributed by atoms with van der Waals surface area (Å²) in [6.45, 7) is 13.1. The van der Waals surface area contributed by atoms with E-state index < -0.39 is 5.41 Å². The largest absolute Gasteiger partial charge is 0.355 e. The highest BCUT2D eigenvalue weighted by molar-refractivity contribution is 5.87. The quantitative estimate of drug-likeness (QED) is 0.203. The first-order valence-corrected chi connectivity index (χ1v) is 15.9. The Labute approximate surface area is 267 Å². The summed E-state index contributed by atoms with van der Waals surface area (Å²) in [7, 11) is 0. The second-order valence-electron chi connectivity index (χ2n) is 12.7. The predicted octanol–water partition coefficient (Wildman–Crippen LogP) is 11.4. The van der Waals surface area contributed by atoms with Crippen LogP contribution in [-0.2, 0) is 5.41 Å². The molecule has 0 saturated carbocycles. The Kier molecular flexibility index (Phi) is 7.09. The van der Waals surface area contributed by atoms with Crippen LogP contribution in [0.3, 0.4) is 0 Å². The van der Waals surface area contributed by atoms with Gasteiger partial charge in [0.05, 0.1) is 5.41 Å². The van der Waals surface area contributed by atoms with Gasteiger partial charge in [-0.3, -0.25) is 0 Å². The lowest BCUT2D eigenvalue weighted by Crippen LogP contribution is -2.29. The fraction of sp³-hybridized carbons (Fsp3) is 0.163. The molecular weight excluding hydrogens is 544 g/mol. The molecule has 0 aliphatic heterocycles. The van der Waals surface area contributed by atoms with Crippen LogP contribution in [0.4, 0.5) is 22.7 Å². The molecule has 0 amide bonds. The van der Waals surface area contributed by atoms with Gasteiger partial charge in [0.25, 0.3) is 0 Å². The van der Waals surface area contributed by atoms with Crippen molar-refractivity contribution in [3.8, 4) is 11.1 Å². The topological polar surface area (TPSA) is 24.1 Å². The number of hydrogen-bond donors (Lipinski definition) is 2. The van der Waals surface area contributed by atoms with Crippen molar-refractivity contribution in [2.75, 3.05) is 10.6 Å². The third-order valence-corrected chi connectivity index (χ3v) is 9.84. The molecule has 0 fully saturated rings. The van der Waals surface area contributed by atoms with Gasteiger partial charge in [-0.1, -0.05) is 84.9 Å². The highest BCUT2D eigenvalue weighted by Gasteiger charge is 2.46. The molecule has 2 heteroatoms. The highest BCUT2D eigenvalue weighted by atomic mass is 14.9. The second-order valence-corrected chi connectivity index (χ2v) is 12.7. The van der Waals surface area contributed by atoms with E-state index in [0.29, 0.717) is 0 Å². The van der Waals surface area contributed by atoms with Crippen molar-refractivity contribution in [2.45, 2.75) is 47.0 Å². The third kappa shape index (κ3) is 4.82. The van der Waals surface area contributed by atoms with Crippen LogP contribution in [0.25, 0.3) is 11.1 Å². The minimum atomic E-state index is -0.444. The monoisotopic (exact) mass is 584 g/mol. The lowest BCUT2D eigenvalue weighted by molar-refractivity contribution is 0.766. The van der Waals surface area contributed by atoms with E-state index in [9.17, 15) is 0 Å². The van der Waals surface area contributed by atoms with Crippen LogP contribution >= 0.6 is 0 Å². The van der Waals surface area contributed by atoms with E-state index in [1.54, 1.807) is 0 Å². The highest BCUT2D eigenvalue weighted by Crippen LogP contribution is 2.56. The van der Waals surface area contributed by atoms with Gasteiger partial charge in [0, 0.05) is 22.7 Å². The van der Waals surface area contributed by atoms with Crippen LogP contribution < -0.4 is 10.6 Å². The van der Waals surface area contributed by atoms with E-state index >= 15 is 0 Å². The molecule has 0 spiro atoms. The lowest BCUT2D eigenvalue weighted by Gasteiger charge is -2.35. The van der Waals surface area contributed by atoms with Crippen molar-refractivity contribution in [3.05, 3.63) is 177 Å². The number of anilines is 4. The molecule has 0 saturated heterocycles. The van der Waals surface area contributed by atoms with Crippen molar-refractivity contribution in [1.82, 2.24) is 0 Å². The van der Waals surface area contributed by atoms with E-state index in [4.69, 9.17) is 0 Å². The van der Waals surface area contributed by atoms with Gasteiger partial charge < -0.3 is 10.6 Å². The number of fused-ring (bicyclic) bond motifs is 3. The molecule has 6 aromatic carbocycles. The van der Waals surface area contributed by atoms with Gasteiger partial charge in [-0.05, 0) is 145 Å². The van der Waals surface area contributed by atoms with Gasteiger partial charge in [0.1, 0.15) is 0 Å². The third-order valence-electron chi connectivity index (χ3n) is 9.84. The smallest absolute Gasteiger partial charge is 0.0713 e. The minimum absolute atomic E-state index is 0.444. The Balaban J connectivity index is 1.38. The molecule has 1 aliphatic rings. The molecule has 0 heterocycles. The Hall–Kier alpha value is -5.08. The van der Waals surface area contributed by atoms with Gasteiger partial charge in [0.15, 0.2) is 0 Å². The molecule has 2 N–H and O–H groups in total. The number of benzene rings is 6. The summed E-state index contributed by atoms with van der Waals surface area (Å²) >= 11 is 0. The average Bonchev–Trinajstić information content (AvgIpc) is 3.34. The van der Waals surface area contributed by atoms with Crippen LogP contribution in [0.2, 0.25) is 0 Å². The molecule has 0 atom stereocenters. The maximum absolute atomic E-state index is 3.69. The molecule has 222 valence electrons. The van der Waals surface area contributed by atoms with Crippen molar-refractivity contribution in [1.29, 1.82) is 0 Å². The molecule has 1 aliphatic carbocycles. The summed E-state index contributed by atoms with van der Waals surface area (Å²) in [5, 5.41) is 7.37. The first-order valence-electron chi connectivity index (χ1n) is 15.9. The van der Waals surface area contributed by atoms with Gasteiger partial charge in [-0.25, -0.2) is 0 Å². The molecule has 0 unspecified atom stereocenters. The number of hydrogen-bond acceptors (Lipinski definition) is 2. The summed E-state index contributed by atoms with van der Waals surface area (Å²) in [6, 6.07) is 45.0. The number of aryl methyl sites for hydroxylation is 6. The van der Waals surface area contributed by atoms with Crippen molar-refractivity contribution in [2.24, 2.45) is 0 Å². The number of rotatable bonds is 6. The number of nitrogens with one attached hydrogen (secondary N) is 2. The normalized spacial score (nSPS) is 12.8. The Morgan fingerprint density at radius 2 is 0.800 bits per heavy atom. The fourth-order valence-electron chi connectivity index (χ4n) is 7.05. The van der Waals surface area contributed by atoms with E-state index in [2.05, 4.69) is 174 Å². The molecule has 0 bridgehead atoms. The zero-order chi connectivity index (χ0) is 31.3. The van der Waals surface area contributed by atoms with E-state index in [1.165, 1.54) is 66.8 Å². The van der Waals surface area contributed by atoms with Crippen molar-refractivity contribution >= 4 is 22.7 Å². The van der Waals surface area contributed by atoms with Crippen LogP contribution in [0, 0.1) is 41.5 Å². The molecule has 45 heavy (non-hydrogen) atoms. The lowest BCUT2D eigenvalue weighted by atomic mass is 9.67. The first kappa shape index (κ1) is 28.7. The van der Waals surface area contributed by atoms with Gasteiger partial charge >= 0.3 is 0 Å². The maximum Gasteiger partial charge on any atom is 0.0713 e. The van der Waals surface area contributed by atoms with Crippen molar-refractivity contribution in [3.63, 3.8) is 0 Å². The molecular formula is C43H40N2. The maximum atomic E-state index is 3.69. The van der Waals surface area contributed by atoms with Gasteiger partial charge in [0.2, 0.25) is 0 Å². The minimum Gasteiger partial charge on any atom is -0.355 e. The standard InChI is InChI=1S/C43H40N2/c1-27-15-19-35(25-29(27)3)44-41-21-17-33(23-31(41)5)43(39-13-9-7-11-37(39)38-12-8-10-14-40(38)43)34-18-22-42(32(6)24-34)45-36-20-16-28(2)30(4)26-36/h7-26,44-45H,1-6H3. The van der Waals surface area contributed by atoms with Gasteiger partial charge in [-0.2, -0.15) is 0 Å². The molecule has 0 radical (unpaired) electrons. The van der Waals surface area contributed by atoms with E-state index in [-0.39, 0.29) is 0 Å². The summed E-state index contributed by atoms with van der Waals surface area (Å²) in [5.74, 6) is 0. The molecule has 2 nitrogen and oxygen atoms in total. The predicted molar refractivity (Wildman–Crippen MR) is 192 cm³/mol. The van der Waals surface area contributed by atoms with Crippen LogP contribution in [0.1, 0.15) is 55.6 Å². The summed E-state index contributed by atoms with van der Waals surface area (Å²) in [5.41, 5.74) is 19.5. The molecule has 7 rings (SSSR count). The Bertz CT molecular complexity index is 1930. The van der Waals surface area contributed by atoms with E-state index in [0.717, 1.165) is 22.7 Å². The summed E-state index contributed by atoms with van der Waals surface area (Å²) in [6.07, 6.45) is 0. The van der Waals surface area contributed by atoms with Crippen LogP contribution in [-0.4, -0.2) is 0 Å². The van der Waals surface area contributed by atoms with Crippen molar-refractivity contribution < 1.29 is 0 Å². The van der Waals surface area contributed by atoms with Gasteiger partial charge in [-0.15, -0.1) is 0 Å². The summed E-state index contributed by atoms with van der Waals surface area (Å²) < 4.78 is 0. The fourth-order valence-corrected chi connectivity index (χ4v) is 7.05. The van der Waals surface area contributed by atoms with Crippen LogP contribution in [0.5, 0.6) is 0 Å². The molecule has 0 aromatic heterocycles. The second kappa shape index (κ2) is 11.1. The Morgan fingerprint density at radius 1 is 0.378 bits per heavy atom.